The molecule has 0 fully saturated rings. The number of carbonyl (C=O) groups excluding carboxylic acids is 1. The topological polar surface area (TPSA) is 95.6 Å². The average Bonchev–Trinajstić information content (AvgIpc) is 2.35. The maximum atomic E-state index is 11.5. The van der Waals surface area contributed by atoms with Crippen LogP contribution in [0.25, 0.3) is 0 Å². The van der Waals surface area contributed by atoms with Crippen molar-refractivity contribution in [3.63, 3.8) is 0 Å². The molecule has 0 aromatic heterocycles. The van der Waals surface area contributed by atoms with Crippen LogP contribution in [0.15, 0.2) is 30.3 Å². The third kappa shape index (κ3) is 3.62. The lowest BCUT2D eigenvalue weighted by Crippen LogP contribution is -2.39. The van der Waals surface area contributed by atoms with E-state index in [4.69, 9.17) is 15.9 Å². The van der Waals surface area contributed by atoms with E-state index >= 15 is 0 Å². The highest BCUT2D eigenvalue weighted by Gasteiger charge is 2.15. The summed E-state index contributed by atoms with van der Waals surface area (Å²) in [5.74, 6) is -0.376. The highest BCUT2D eigenvalue weighted by atomic mass is 16.3. The summed E-state index contributed by atoms with van der Waals surface area (Å²) in [4.78, 5) is 11.5. The molecule has 1 rings (SSSR count). The van der Waals surface area contributed by atoms with Gasteiger partial charge in [0, 0.05) is 6.54 Å². The number of hydrogen-bond acceptors (Lipinski definition) is 4. The van der Waals surface area contributed by atoms with E-state index in [1.165, 1.54) is 0 Å². The van der Waals surface area contributed by atoms with E-state index in [0.717, 1.165) is 0 Å². The van der Waals surface area contributed by atoms with E-state index in [9.17, 15) is 4.79 Å². The molecule has 88 valence electrons. The van der Waals surface area contributed by atoms with Crippen LogP contribution in [0.5, 0.6) is 0 Å². The first-order valence-corrected chi connectivity index (χ1v) is 5.02. The summed E-state index contributed by atoms with van der Waals surface area (Å²) < 4.78 is 0. The van der Waals surface area contributed by atoms with Gasteiger partial charge in [-0.1, -0.05) is 30.3 Å². The van der Waals surface area contributed by atoms with E-state index in [0.29, 0.717) is 5.56 Å². The Morgan fingerprint density at radius 2 is 2.00 bits per heavy atom. The summed E-state index contributed by atoms with van der Waals surface area (Å²) in [6.07, 6.45) is -0.952. The van der Waals surface area contributed by atoms with Gasteiger partial charge in [-0.05, 0) is 5.56 Å². The van der Waals surface area contributed by atoms with Crippen LogP contribution >= 0.6 is 0 Å². The molecule has 1 unspecified atom stereocenters. The van der Waals surface area contributed by atoms with Gasteiger partial charge in [0.25, 0.3) is 0 Å². The maximum absolute atomic E-state index is 11.5. The fourth-order valence-electron chi connectivity index (χ4n) is 1.20. The molecule has 0 aliphatic carbocycles. The SMILES string of the molecule is N[C@H](C(=O)NCC(O)CO)c1ccccc1. The molecule has 5 nitrogen and oxygen atoms in total. The molecular formula is C11H16N2O3. The molecule has 2 atom stereocenters. The number of nitrogens with one attached hydrogen (secondary N) is 1. The molecule has 1 aromatic rings. The van der Waals surface area contributed by atoms with Gasteiger partial charge < -0.3 is 21.3 Å². The van der Waals surface area contributed by atoms with Gasteiger partial charge in [-0.2, -0.15) is 0 Å². The molecule has 16 heavy (non-hydrogen) atoms. The van der Waals surface area contributed by atoms with Crippen molar-refractivity contribution in [1.29, 1.82) is 0 Å². The zero-order chi connectivity index (χ0) is 12.0. The predicted molar refractivity (Wildman–Crippen MR) is 59.5 cm³/mol. The first-order valence-electron chi connectivity index (χ1n) is 5.02. The van der Waals surface area contributed by atoms with Gasteiger partial charge in [0.15, 0.2) is 0 Å². The van der Waals surface area contributed by atoms with Crippen LogP contribution in [0.3, 0.4) is 0 Å². The van der Waals surface area contributed by atoms with Gasteiger partial charge in [-0.3, -0.25) is 4.79 Å². The van der Waals surface area contributed by atoms with Gasteiger partial charge in [0.1, 0.15) is 6.04 Å². The van der Waals surface area contributed by atoms with Gasteiger partial charge in [-0.15, -0.1) is 0 Å². The Labute approximate surface area is 93.9 Å². The molecule has 0 aliphatic rings. The Hall–Kier alpha value is -1.43. The fourth-order valence-corrected chi connectivity index (χ4v) is 1.20. The molecule has 0 spiro atoms. The minimum absolute atomic E-state index is 0.00410. The Morgan fingerprint density at radius 1 is 1.38 bits per heavy atom. The zero-order valence-corrected chi connectivity index (χ0v) is 8.84. The van der Waals surface area contributed by atoms with Crippen LogP contribution in [-0.4, -0.2) is 35.4 Å². The second-order valence-corrected chi connectivity index (χ2v) is 3.47. The van der Waals surface area contributed by atoms with Crippen LogP contribution < -0.4 is 11.1 Å². The maximum Gasteiger partial charge on any atom is 0.241 e. The first kappa shape index (κ1) is 12.6. The van der Waals surface area contributed by atoms with Crippen LogP contribution in [-0.2, 0) is 4.79 Å². The molecule has 0 bridgehead atoms. The third-order valence-corrected chi connectivity index (χ3v) is 2.16. The summed E-state index contributed by atoms with van der Waals surface area (Å²) in [7, 11) is 0. The monoisotopic (exact) mass is 224 g/mol. The van der Waals surface area contributed by atoms with Crippen molar-refractivity contribution >= 4 is 5.91 Å². The van der Waals surface area contributed by atoms with E-state index in [1.54, 1.807) is 24.3 Å². The largest absolute Gasteiger partial charge is 0.394 e. The lowest BCUT2D eigenvalue weighted by atomic mass is 10.1. The van der Waals surface area contributed by atoms with Crippen LogP contribution in [0, 0.1) is 0 Å². The minimum atomic E-state index is -0.952. The third-order valence-electron chi connectivity index (χ3n) is 2.16. The predicted octanol–water partition coefficient (Wildman–Crippen LogP) is -0.844. The van der Waals surface area contributed by atoms with E-state index in [-0.39, 0.29) is 19.1 Å². The molecule has 0 radical (unpaired) electrons. The molecule has 1 aromatic carbocycles. The summed E-state index contributed by atoms with van der Waals surface area (Å²) in [6, 6.07) is 8.19. The molecular weight excluding hydrogens is 208 g/mol. The number of hydrogen-bond donors (Lipinski definition) is 4. The summed E-state index contributed by atoms with van der Waals surface area (Å²) in [5.41, 5.74) is 6.42. The number of nitrogens with two attached hydrogens (primary N) is 1. The number of benzene rings is 1. The molecule has 0 saturated heterocycles. The highest BCUT2D eigenvalue weighted by Crippen LogP contribution is 2.08. The van der Waals surface area contributed by atoms with Crippen LogP contribution in [0.4, 0.5) is 0 Å². The highest BCUT2D eigenvalue weighted by molar-refractivity contribution is 5.82. The fraction of sp³-hybridized carbons (Fsp3) is 0.364. The van der Waals surface area contributed by atoms with E-state index in [1.807, 2.05) is 6.07 Å². The normalized spacial score (nSPS) is 14.2. The molecule has 5 N–H and O–H groups in total. The minimum Gasteiger partial charge on any atom is -0.394 e. The van der Waals surface area contributed by atoms with Gasteiger partial charge in [0.2, 0.25) is 5.91 Å². The first-order chi connectivity index (χ1) is 7.65. The summed E-state index contributed by atoms with van der Waals surface area (Å²) in [5, 5.41) is 20.1. The van der Waals surface area contributed by atoms with Crippen molar-refractivity contribution in [1.82, 2.24) is 5.32 Å². The Morgan fingerprint density at radius 3 is 2.56 bits per heavy atom. The number of aliphatic hydroxyl groups excluding tert-OH is 2. The van der Waals surface area contributed by atoms with E-state index in [2.05, 4.69) is 5.32 Å². The summed E-state index contributed by atoms with van der Waals surface area (Å²) >= 11 is 0. The Balaban J connectivity index is 2.49. The zero-order valence-electron chi connectivity index (χ0n) is 8.84. The van der Waals surface area contributed by atoms with Crippen molar-refractivity contribution in [3.8, 4) is 0 Å². The van der Waals surface area contributed by atoms with Crippen LogP contribution in [0.2, 0.25) is 0 Å². The lowest BCUT2D eigenvalue weighted by Gasteiger charge is -2.14. The van der Waals surface area contributed by atoms with Crippen LogP contribution in [0.1, 0.15) is 11.6 Å². The number of amides is 1. The summed E-state index contributed by atoms with van der Waals surface area (Å²) in [6.45, 7) is -0.392. The van der Waals surface area contributed by atoms with Crippen molar-refractivity contribution in [2.24, 2.45) is 5.73 Å². The molecule has 0 saturated carbocycles. The molecule has 0 aliphatic heterocycles. The molecule has 1 amide bonds. The standard InChI is InChI=1S/C11H16N2O3/c12-10(8-4-2-1-3-5-8)11(16)13-6-9(15)7-14/h1-5,9-10,14-15H,6-7,12H2,(H,13,16)/t9?,10-/m0/s1. The van der Waals surface area contributed by atoms with Gasteiger partial charge >= 0.3 is 0 Å². The Bertz CT molecular complexity index is 329. The average molecular weight is 224 g/mol. The van der Waals surface area contributed by atoms with E-state index < -0.39 is 12.1 Å². The van der Waals surface area contributed by atoms with Crippen molar-refractivity contribution < 1.29 is 15.0 Å². The molecule has 5 heteroatoms. The lowest BCUT2D eigenvalue weighted by molar-refractivity contribution is -0.123. The Kier molecular flexibility index (Phi) is 4.91. The smallest absolute Gasteiger partial charge is 0.241 e. The van der Waals surface area contributed by atoms with Gasteiger partial charge in [-0.25, -0.2) is 0 Å². The number of rotatable bonds is 5. The van der Waals surface area contributed by atoms with Crippen molar-refractivity contribution in [3.05, 3.63) is 35.9 Å². The second-order valence-electron chi connectivity index (χ2n) is 3.47. The number of aliphatic hydroxyl groups is 2. The quantitative estimate of drug-likeness (QED) is 0.524. The van der Waals surface area contributed by atoms with Gasteiger partial charge in [0.05, 0.1) is 12.7 Å². The van der Waals surface area contributed by atoms with Crippen molar-refractivity contribution in [2.75, 3.05) is 13.2 Å². The molecule has 0 heterocycles. The number of carbonyl (C=O) groups is 1. The van der Waals surface area contributed by atoms with Crippen molar-refractivity contribution in [2.45, 2.75) is 12.1 Å². The second kappa shape index (κ2) is 6.22.